The van der Waals surface area contributed by atoms with E-state index in [4.69, 9.17) is 9.52 Å². The zero-order valence-corrected chi connectivity index (χ0v) is 18.5. The van der Waals surface area contributed by atoms with Crippen molar-refractivity contribution in [3.63, 3.8) is 0 Å². The number of nitrogens with zero attached hydrogens (tertiary/aromatic N) is 3. The minimum Gasteiger partial charge on any atom is -0.465 e. The lowest BCUT2D eigenvalue weighted by atomic mass is 10.1. The Morgan fingerprint density at radius 1 is 1.15 bits per heavy atom. The minimum atomic E-state index is -1.21. The van der Waals surface area contributed by atoms with Crippen LogP contribution in [-0.4, -0.2) is 69.0 Å². The van der Waals surface area contributed by atoms with Crippen LogP contribution in [0.3, 0.4) is 0 Å². The summed E-state index contributed by atoms with van der Waals surface area (Å²) in [4.78, 5) is 44.7. The lowest BCUT2D eigenvalue weighted by Gasteiger charge is -2.41. The van der Waals surface area contributed by atoms with Gasteiger partial charge in [0.15, 0.2) is 5.58 Å². The first-order valence-electron chi connectivity index (χ1n) is 11.0. The number of benzene rings is 2. The van der Waals surface area contributed by atoms with Gasteiger partial charge in [-0.15, -0.1) is 0 Å². The zero-order valence-electron chi connectivity index (χ0n) is 18.5. The minimum absolute atomic E-state index is 0.157. The summed E-state index contributed by atoms with van der Waals surface area (Å²) in [5.41, 5.74) is 1.03. The normalized spacial score (nSPS) is 19.2. The maximum Gasteiger partial charge on any atom is 0.405 e. The molecule has 1 aromatic heterocycles. The van der Waals surface area contributed by atoms with Gasteiger partial charge >= 0.3 is 6.09 Å². The number of rotatable bonds is 4. The molecule has 0 unspecified atom stereocenters. The Hall–Kier alpha value is -3.95. The highest BCUT2D eigenvalue weighted by molar-refractivity contribution is 5.96. The van der Waals surface area contributed by atoms with Gasteiger partial charge in [0.05, 0.1) is 0 Å². The molecule has 176 valence electrons. The molecule has 10 heteroatoms. The van der Waals surface area contributed by atoms with Gasteiger partial charge in [0.1, 0.15) is 16.9 Å². The van der Waals surface area contributed by atoms with E-state index in [1.54, 1.807) is 40.1 Å². The van der Waals surface area contributed by atoms with Crippen molar-refractivity contribution in [3.05, 3.63) is 53.8 Å². The number of carbonyl (C=O) groups is 3. The molecule has 2 N–H and O–H groups in total. The summed E-state index contributed by atoms with van der Waals surface area (Å²) >= 11 is 0. The lowest BCUT2D eigenvalue weighted by Crippen LogP contribution is -2.60. The molecule has 0 spiro atoms. The molecule has 9 nitrogen and oxygen atoms in total. The Kier molecular flexibility index (Phi) is 5.22. The van der Waals surface area contributed by atoms with Crippen LogP contribution in [0.4, 0.5) is 9.18 Å². The second kappa shape index (κ2) is 8.12. The molecular weight excluding hydrogens is 443 g/mol. The Bertz CT molecular complexity index is 1280. The van der Waals surface area contributed by atoms with Gasteiger partial charge in [-0.2, -0.15) is 0 Å². The highest BCUT2D eigenvalue weighted by Gasteiger charge is 2.54. The van der Waals surface area contributed by atoms with Gasteiger partial charge in [0.25, 0.3) is 5.91 Å². The third-order valence-corrected chi connectivity index (χ3v) is 6.41. The Labute approximate surface area is 194 Å². The van der Waals surface area contributed by atoms with Crippen LogP contribution in [0.1, 0.15) is 30.1 Å². The third-order valence-electron chi connectivity index (χ3n) is 6.41. The zero-order chi connectivity index (χ0) is 24.0. The lowest BCUT2D eigenvalue weighted by molar-refractivity contribution is -0.138. The van der Waals surface area contributed by atoms with Gasteiger partial charge in [-0.3, -0.25) is 9.59 Å². The molecule has 1 saturated carbocycles. The second-order valence-corrected chi connectivity index (χ2v) is 8.82. The molecular formula is C24H23FN4O5. The number of fused-ring (bicyclic) bond motifs is 1. The quantitative estimate of drug-likeness (QED) is 0.611. The number of carbonyl (C=O) groups excluding carboxylic acids is 2. The first-order valence-corrected chi connectivity index (χ1v) is 11.0. The van der Waals surface area contributed by atoms with E-state index in [1.165, 1.54) is 12.1 Å². The Morgan fingerprint density at radius 2 is 1.88 bits per heavy atom. The molecule has 2 aromatic carbocycles. The van der Waals surface area contributed by atoms with Crippen molar-refractivity contribution in [2.45, 2.75) is 31.3 Å². The average molecular weight is 466 g/mol. The van der Waals surface area contributed by atoms with Gasteiger partial charge in [0, 0.05) is 42.9 Å². The number of carboxylic acid groups (broad SMARTS) is 1. The fourth-order valence-electron chi connectivity index (χ4n) is 4.40. The number of nitrogens with one attached hydrogen (secondary N) is 1. The predicted molar refractivity (Wildman–Crippen MR) is 120 cm³/mol. The first kappa shape index (κ1) is 21.9. The number of piperazine rings is 1. The van der Waals surface area contributed by atoms with Gasteiger partial charge in [-0.05, 0) is 56.2 Å². The van der Waals surface area contributed by atoms with Gasteiger partial charge in [-0.1, -0.05) is 0 Å². The van der Waals surface area contributed by atoms with Crippen LogP contribution in [0, 0.1) is 5.82 Å². The smallest absolute Gasteiger partial charge is 0.405 e. The topological polar surface area (TPSA) is 116 Å². The van der Waals surface area contributed by atoms with Gasteiger partial charge in [-0.25, -0.2) is 14.2 Å². The summed E-state index contributed by atoms with van der Waals surface area (Å²) in [6.45, 7) is 2.91. The summed E-state index contributed by atoms with van der Waals surface area (Å²) in [5.74, 6) is -0.450. The van der Waals surface area contributed by atoms with E-state index in [2.05, 4.69) is 10.3 Å². The standard InChI is InChI=1S/C24H23FN4O5/c1-14-13-28(10-11-29(14)22(31)24(8-9-24)27-23(32)33)21(30)16-4-2-15(3-5-16)20-26-18-7-6-17(25)12-19(18)34-20/h2-7,12,14,27H,8-11,13H2,1H3,(H,32,33)/t14-/m0/s1. The van der Waals surface area contributed by atoms with E-state index in [-0.39, 0.29) is 17.9 Å². The van der Waals surface area contributed by atoms with Crippen molar-refractivity contribution in [1.29, 1.82) is 0 Å². The number of hydrogen-bond donors (Lipinski definition) is 2. The molecule has 34 heavy (non-hydrogen) atoms. The van der Waals surface area contributed by atoms with Crippen LogP contribution in [0.2, 0.25) is 0 Å². The van der Waals surface area contributed by atoms with Crippen LogP contribution >= 0.6 is 0 Å². The number of oxazole rings is 1. The molecule has 1 aliphatic heterocycles. The molecule has 1 atom stereocenters. The summed E-state index contributed by atoms with van der Waals surface area (Å²) < 4.78 is 19.0. The first-order chi connectivity index (χ1) is 16.3. The highest BCUT2D eigenvalue weighted by Crippen LogP contribution is 2.38. The fourth-order valence-corrected chi connectivity index (χ4v) is 4.40. The maximum absolute atomic E-state index is 13.4. The highest BCUT2D eigenvalue weighted by atomic mass is 19.1. The summed E-state index contributed by atoms with van der Waals surface area (Å²) in [6.07, 6.45) is -0.225. The van der Waals surface area contributed by atoms with Crippen LogP contribution in [0.15, 0.2) is 46.9 Å². The molecule has 2 fully saturated rings. The number of halogens is 1. The van der Waals surface area contributed by atoms with Crippen LogP contribution < -0.4 is 5.32 Å². The number of amides is 3. The van der Waals surface area contributed by atoms with Crippen LogP contribution in [0.5, 0.6) is 0 Å². The summed E-state index contributed by atoms with van der Waals surface area (Å²) in [5, 5.41) is 11.4. The average Bonchev–Trinajstić information content (AvgIpc) is 3.46. The van der Waals surface area contributed by atoms with Crippen LogP contribution in [-0.2, 0) is 4.79 Å². The summed E-state index contributed by atoms with van der Waals surface area (Å²) in [7, 11) is 0. The molecule has 3 aromatic rings. The van der Waals surface area contributed by atoms with E-state index in [0.29, 0.717) is 60.6 Å². The van der Waals surface area contributed by atoms with Crippen molar-refractivity contribution in [3.8, 4) is 11.5 Å². The molecule has 3 amide bonds. The molecule has 0 bridgehead atoms. The van der Waals surface area contributed by atoms with Crippen molar-refractivity contribution < 1.29 is 28.3 Å². The molecule has 1 saturated heterocycles. The van der Waals surface area contributed by atoms with Crippen molar-refractivity contribution in [2.75, 3.05) is 19.6 Å². The van der Waals surface area contributed by atoms with Crippen LogP contribution in [0.25, 0.3) is 22.6 Å². The SMILES string of the molecule is C[C@H]1CN(C(=O)c2ccc(-c3nc4ccc(F)cc4o3)cc2)CCN1C(=O)C1(NC(=O)O)CC1. The van der Waals surface area contributed by atoms with E-state index in [1.807, 2.05) is 6.92 Å². The van der Waals surface area contributed by atoms with Gasteiger partial charge < -0.3 is 24.6 Å². The molecule has 5 rings (SSSR count). The van der Waals surface area contributed by atoms with E-state index in [9.17, 15) is 18.8 Å². The van der Waals surface area contributed by atoms with Crippen molar-refractivity contribution in [2.24, 2.45) is 0 Å². The summed E-state index contributed by atoms with van der Waals surface area (Å²) in [6, 6.07) is 10.7. The fraction of sp³-hybridized carbons (Fsp3) is 0.333. The number of hydrogen-bond acceptors (Lipinski definition) is 5. The second-order valence-electron chi connectivity index (χ2n) is 8.82. The maximum atomic E-state index is 13.4. The molecule has 0 radical (unpaired) electrons. The van der Waals surface area contributed by atoms with Gasteiger partial charge in [0.2, 0.25) is 11.8 Å². The monoisotopic (exact) mass is 466 g/mol. The van der Waals surface area contributed by atoms with E-state index >= 15 is 0 Å². The largest absolute Gasteiger partial charge is 0.465 e. The van der Waals surface area contributed by atoms with E-state index < -0.39 is 17.4 Å². The van der Waals surface area contributed by atoms with Crippen molar-refractivity contribution in [1.82, 2.24) is 20.1 Å². The Morgan fingerprint density at radius 3 is 2.53 bits per heavy atom. The van der Waals surface area contributed by atoms with Crippen molar-refractivity contribution >= 4 is 29.0 Å². The Balaban J connectivity index is 1.25. The third kappa shape index (κ3) is 3.95. The predicted octanol–water partition coefficient (Wildman–Crippen LogP) is 3.11. The molecule has 2 aliphatic rings. The molecule has 2 heterocycles. The number of aromatic nitrogens is 1. The van der Waals surface area contributed by atoms with E-state index in [0.717, 1.165) is 0 Å². The molecule has 1 aliphatic carbocycles.